The first kappa shape index (κ1) is 11.5. The van der Waals surface area contributed by atoms with Crippen molar-refractivity contribution >= 4 is 11.6 Å². The van der Waals surface area contributed by atoms with Crippen LogP contribution in [0.25, 0.3) is 0 Å². The van der Waals surface area contributed by atoms with Crippen LogP contribution in [-0.4, -0.2) is 11.6 Å². The van der Waals surface area contributed by atoms with E-state index in [-0.39, 0.29) is 0 Å². The highest BCUT2D eigenvalue weighted by Gasteiger charge is 2.46. The second kappa shape index (κ2) is 3.12. The first-order chi connectivity index (χ1) is 5.07. The molecule has 0 aliphatic carbocycles. The molecule has 0 radical (unpaired) electrons. The Balaban J connectivity index is 4.96. The van der Waals surface area contributed by atoms with Gasteiger partial charge in [-0.15, -0.1) is 0 Å². The van der Waals surface area contributed by atoms with Crippen molar-refractivity contribution in [2.45, 2.75) is 11.6 Å². The largest absolute Gasteiger partial charge is 0.445 e. The molecule has 0 heterocycles. The molecule has 8 heteroatoms. The quantitative estimate of drug-likeness (QED) is 0.465. The Morgan fingerprint density at radius 1 is 0.833 bits per heavy atom. The third kappa shape index (κ3) is 2.88. The Morgan fingerprint density at radius 3 is 1.25 bits per heavy atom. The molecule has 72 valence electrons. The molecule has 12 heavy (non-hydrogen) atoms. The summed E-state index contributed by atoms with van der Waals surface area (Å²) in [6, 6.07) is 0. The zero-order chi connectivity index (χ0) is 10.2. The Morgan fingerprint density at radius 2 is 1.17 bits per heavy atom. The van der Waals surface area contributed by atoms with E-state index in [1.165, 1.54) is 0 Å². The molecule has 0 saturated heterocycles. The predicted molar refractivity (Wildman–Crippen MR) is 26.1 cm³/mol. The van der Waals surface area contributed by atoms with Crippen molar-refractivity contribution in [3.8, 4) is 0 Å². The molecule has 0 aromatic rings. The van der Waals surface area contributed by atoms with Gasteiger partial charge < -0.3 is 0 Å². The van der Waals surface area contributed by atoms with Crippen LogP contribution in [0.5, 0.6) is 0 Å². The van der Waals surface area contributed by atoms with E-state index < -0.39 is 23.2 Å². The standard InChI is InChI=1S/C4ClF7/c5-3(8,9)1(6)2(7)4(10,11)12. The van der Waals surface area contributed by atoms with Gasteiger partial charge in [0.1, 0.15) is 0 Å². The van der Waals surface area contributed by atoms with Crippen LogP contribution >= 0.6 is 11.6 Å². The summed E-state index contributed by atoms with van der Waals surface area (Å²) in [5.41, 5.74) is 0. The highest BCUT2D eigenvalue weighted by atomic mass is 35.5. The predicted octanol–water partition coefficient (Wildman–Crippen LogP) is 3.53. The van der Waals surface area contributed by atoms with Crippen molar-refractivity contribution < 1.29 is 30.7 Å². The smallest absolute Gasteiger partial charge is 0.200 e. The molecule has 0 saturated carbocycles. The third-order valence-corrected chi connectivity index (χ3v) is 0.856. The van der Waals surface area contributed by atoms with E-state index >= 15 is 0 Å². The van der Waals surface area contributed by atoms with Gasteiger partial charge in [0.25, 0.3) is 0 Å². The van der Waals surface area contributed by atoms with E-state index in [9.17, 15) is 30.7 Å². The van der Waals surface area contributed by atoms with Crippen LogP contribution < -0.4 is 0 Å². The summed E-state index contributed by atoms with van der Waals surface area (Å²) < 4.78 is 79.8. The fourth-order valence-corrected chi connectivity index (χ4v) is 0.332. The summed E-state index contributed by atoms with van der Waals surface area (Å²) in [5, 5.41) is -4.97. The Labute approximate surface area is 66.6 Å². The molecule has 0 aliphatic heterocycles. The normalized spacial score (nSPS) is 16.0. The highest BCUT2D eigenvalue weighted by molar-refractivity contribution is 6.23. The second-order valence-electron chi connectivity index (χ2n) is 1.62. The minimum atomic E-state index is -5.79. The van der Waals surface area contributed by atoms with E-state index in [2.05, 4.69) is 11.6 Å². The van der Waals surface area contributed by atoms with Crippen LogP contribution in [0.3, 0.4) is 0 Å². The van der Waals surface area contributed by atoms with Crippen LogP contribution in [0.1, 0.15) is 0 Å². The summed E-state index contributed by atoms with van der Waals surface area (Å²) in [5.74, 6) is -6.86. The molecule has 0 amide bonds. The second-order valence-corrected chi connectivity index (χ2v) is 2.10. The lowest BCUT2D eigenvalue weighted by atomic mass is 10.4. The van der Waals surface area contributed by atoms with Gasteiger partial charge in [-0.3, -0.25) is 0 Å². The summed E-state index contributed by atoms with van der Waals surface area (Å²) >= 11 is 3.78. The summed E-state index contributed by atoms with van der Waals surface area (Å²) in [7, 11) is 0. The molecule has 0 fully saturated rings. The molecule has 0 bridgehead atoms. The Kier molecular flexibility index (Phi) is 3.00. The van der Waals surface area contributed by atoms with Gasteiger partial charge in [0.05, 0.1) is 0 Å². The average Bonchev–Trinajstić information content (AvgIpc) is 1.80. The zero-order valence-electron chi connectivity index (χ0n) is 5.02. The molecule has 0 N–H and O–H groups in total. The number of alkyl halides is 6. The van der Waals surface area contributed by atoms with Gasteiger partial charge in [0.2, 0.25) is 11.7 Å². The maximum atomic E-state index is 11.7. The highest BCUT2D eigenvalue weighted by Crippen LogP contribution is 2.38. The number of allylic oxidation sites excluding steroid dienone is 2. The van der Waals surface area contributed by atoms with E-state index in [4.69, 9.17) is 0 Å². The molecule has 0 aliphatic rings. The van der Waals surface area contributed by atoms with Crippen LogP contribution in [-0.2, 0) is 0 Å². The first-order valence-electron chi connectivity index (χ1n) is 2.26. The fourth-order valence-electron chi connectivity index (χ4n) is 0.249. The van der Waals surface area contributed by atoms with Crippen molar-refractivity contribution in [1.82, 2.24) is 0 Å². The Bertz CT molecular complexity index is 174. The van der Waals surface area contributed by atoms with Gasteiger partial charge in [-0.2, -0.15) is 26.3 Å². The number of rotatable bonds is 1. The molecule has 0 rings (SSSR count). The van der Waals surface area contributed by atoms with Crippen LogP contribution in [0.15, 0.2) is 11.7 Å². The lowest BCUT2D eigenvalue weighted by molar-refractivity contribution is -0.114. The van der Waals surface area contributed by atoms with Crippen LogP contribution in [0.2, 0.25) is 0 Å². The van der Waals surface area contributed by atoms with Crippen molar-refractivity contribution in [2.75, 3.05) is 0 Å². The van der Waals surface area contributed by atoms with Gasteiger partial charge in [-0.25, -0.2) is 4.39 Å². The lowest BCUT2D eigenvalue weighted by Gasteiger charge is -2.08. The van der Waals surface area contributed by atoms with Crippen molar-refractivity contribution in [3.05, 3.63) is 11.7 Å². The molecule has 0 aromatic heterocycles. The number of hydrogen-bond acceptors (Lipinski definition) is 0. The molecule has 0 atom stereocenters. The zero-order valence-corrected chi connectivity index (χ0v) is 5.78. The maximum absolute atomic E-state index is 11.7. The van der Waals surface area contributed by atoms with Gasteiger partial charge >= 0.3 is 11.6 Å². The van der Waals surface area contributed by atoms with Gasteiger partial charge in [0.15, 0.2) is 0 Å². The minimum absolute atomic E-state index is 3.34. The van der Waals surface area contributed by atoms with Crippen molar-refractivity contribution in [2.24, 2.45) is 0 Å². The fraction of sp³-hybridized carbons (Fsp3) is 0.500. The molecule has 0 nitrogen and oxygen atoms in total. The monoisotopic (exact) mass is 216 g/mol. The minimum Gasteiger partial charge on any atom is -0.200 e. The van der Waals surface area contributed by atoms with E-state index in [0.29, 0.717) is 0 Å². The molecule has 0 spiro atoms. The van der Waals surface area contributed by atoms with E-state index in [0.717, 1.165) is 0 Å². The molecular formula is C4ClF7. The van der Waals surface area contributed by atoms with E-state index in [1.807, 2.05) is 0 Å². The summed E-state index contributed by atoms with van der Waals surface area (Å²) in [4.78, 5) is 0. The van der Waals surface area contributed by atoms with Crippen molar-refractivity contribution in [1.29, 1.82) is 0 Å². The molecule has 0 aromatic carbocycles. The first-order valence-corrected chi connectivity index (χ1v) is 2.64. The van der Waals surface area contributed by atoms with Gasteiger partial charge in [0, 0.05) is 0 Å². The summed E-state index contributed by atoms with van der Waals surface area (Å²) in [6.45, 7) is 0. The number of hydrogen-bond donors (Lipinski definition) is 0. The third-order valence-electron chi connectivity index (χ3n) is 0.690. The SMILES string of the molecule is FC(=C(F)C(F)(F)Cl)C(F)(F)F. The van der Waals surface area contributed by atoms with Crippen molar-refractivity contribution in [3.63, 3.8) is 0 Å². The van der Waals surface area contributed by atoms with Crippen LogP contribution in [0.4, 0.5) is 30.7 Å². The van der Waals surface area contributed by atoms with Crippen LogP contribution in [0, 0.1) is 0 Å². The van der Waals surface area contributed by atoms with Gasteiger partial charge in [-0.1, -0.05) is 0 Å². The maximum Gasteiger partial charge on any atom is 0.445 e. The topological polar surface area (TPSA) is 0 Å². The van der Waals surface area contributed by atoms with Gasteiger partial charge in [-0.05, 0) is 11.6 Å². The lowest BCUT2D eigenvalue weighted by Crippen LogP contribution is -2.16. The molecule has 0 unspecified atom stereocenters. The summed E-state index contributed by atoms with van der Waals surface area (Å²) in [6.07, 6.45) is -5.79. The molecular weight excluding hydrogens is 216 g/mol. The number of halogens is 8. The van der Waals surface area contributed by atoms with E-state index in [1.54, 1.807) is 0 Å². The Hall–Kier alpha value is -0.460. The average molecular weight is 216 g/mol.